The molecule has 1 aromatic rings. The lowest BCUT2D eigenvalue weighted by atomic mass is 9.81. The fraction of sp³-hybridized carbons (Fsp3) is 0.474. The number of ketones is 1. The minimum Gasteiger partial charge on any atom is -0.325 e. The third-order valence-corrected chi connectivity index (χ3v) is 9.16. The van der Waals surface area contributed by atoms with E-state index < -0.39 is 5.91 Å². The Balaban J connectivity index is 1.44. The number of hydrogen-bond donors (Lipinski definition) is 1. The Labute approximate surface area is 173 Å². The molecule has 142 valence electrons. The first kappa shape index (κ1) is 18.8. The number of alkyl halides is 2. The van der Waals surface area contributed by atoms with Crippen LogP contribution in [0.5, 0.6) is 0 Å². The Kier molecular flexibility index (Phi) is 4.74. The zero-order valence-corrected chi connectivity index (χ0v) is 17.7. The van der Waals surface area contributed by atoms with E-state index in [1.165, 1.54) is 6.92 Å². The Morgan fingerprint density at radius 3 is 2.04 bits per heavy atom. The van der Waals surface area contributed by atoms with Gasteiger partial charge in [0.1, 0.15) is 6.54 Å². The third-order valence-electron chi connectivity index (χ3n) is 5.96. The van der Waals surface area contributed by atoms with Gasteiger partial charge in [0, 0.05) is 20.9 Å². The SMILES string of the molecule is CC(=O)c1ccc(NC(=O)CN2C(=O)[C@@H]3[C@H]4C[C@@H]([C@H](Br)[C@@H]4Br)[C@@H]3C2=O)cc1. The number of carbonyl (C=O) groups is 4. The molecule has 3 amide bonds. The van der Waals surface area contributed by atoms with Crippen LogP contribution in [0.15, 0.2) is 24.3 Å². The molecule has 2 aliphatic carbocycles. The quantitative estimate of drug-likeness (QED) is 0.393. The number of carbonyl (C=O) groups excluding carboxylic acids is 4. The first-order valence-corrected chi connectivity index (χ1v) is 10.7. The normalized spacial score (nSPS) is 34.1. The second kappa shape index (κ2) is 6.81. The van der Waals surface area contributed by atoms with Crippen molar-refractivity contribution in [1.29, 1.82) is 0 Å². The predicted molar refractivity (Wildman–Crippen MR) is 106 cm³/mol. The molecule has 1 N–H and O–H groups in total. The molecule has 1 saturated heterocycles. The molecule has 1 aromatic carbocycles. The van der Waals surface area contributed by atoms with Gasteiger partial charge in [-0.3, -0.25) is 24.1 Å². The lowest BCUT2D eigenvalue weighted by Gasteiger charge is -2.28. The number of halogens is 2. The Bertz CT molecular complexity index is 809. The minimum atomic E-state index is -0.426. The maximum atomic E-state index is 12.8. The van der Waals surface area contributed by atoms with Crippen molar-refractivity contribution in [2.75, 3.05) is 11.9 Å². The standard InChI is InChI=1S/C19H18Br2N2O4/c1-8(24)9-2-4-10(5-3-9)22-13(25)7-23-18(26)14-11-6-12(15(14)19(23)27)17(21)16(11)20/h2-5,11-12,14-17H,6-7H2,1H3,(H,22,25)/t11-,12-,14-,15+,16-,17+/m1/s1. The van der Waals surface area contributed by atoms with Gasteiger partial charge in [-0.05, 0) is 49.4 Å². The summed E-state index contributed by atoms with van der Waals surface area (Å²) >= 11 is 7.29. The molecule has 2 saturated carbocycles. The van der Waals surface area contributed by atoms with Crippen molar-refractivity contribution in [2.45, 2.75) is 23.0 Å². The molecule has 2 bridgehead atoms. The van der Waals surface area contributed by atoms with Gasteiger partial charge in [-0.2, -0.15) is 0 Å². The summed E-state index contributed by atoms with van der Waals surface area (Å²) in [4.78, 5) is 50.7. The number of likely N-dealkylation sites (tertiary alicyclic amines) is 1. The predicted octanol–water partition coefficient (Wildman–Crippen LogP) is 2.61. The van der Waals surface area contributed by atoms with E-state index in [0.29, 0.717) is 11.3 Å². The molecule has 0 spiro atoms. The second-order valence-electron chi connectivity index (χ2n) is 7.45. The van der Waals surface area contributed by atoms with Crippen molar-refractivity contribution in [3.8, 4) is 0 Å². The zero-order chi connectivity index (χ0) is 19.5. The molecule has 6 nitrogen and oxygen atoms in total. The van der Waals surface area contributed by atoms with E-state index in [0.717, 1.165) is 11.3 Å². The molecule has 0 radical (unpaired) electrons. The lowest BCUT2D eigenvalue weighted by Crippen LogP contribution is -2.39. The van der Waals surface area contributed by atoms with Gasteiger partial charge in [-0.15, -0.1) is 0 Å². The van der Waals surface area contributed by atoms with E-state index in [9.17, 15) is 19.2 Å². The number of nitrogens with zero attached hydrogens (tertiary/aromatic N) is 1. The van der Waals surface area contributed by atoms with Crippen molar-refractivity contribution < 1.29 is 19.2 Å². The molecule has 4 rings (SSSR count). The van der Waals surface area contributed by atoms with Gasteiger partial charge in [-0.1, -0.05) is 31.9 Å². The van der Waals surface area contributed by atoms with E-state index >= 15 is 0 Å². The maximum absolute atomic E-state index is 12.8. The maximum Gasteiger partial charge on any atom is 0.244 e. The van der Waals surface area contributed by atoms with E-state index in [1.54, 1.807) is 24.3 Å². The third kappa shape index (κ3) is 2.97. The van der Waals surface area contributed by atoms with Gasteiger partial charge in [0.15, 0.2) is 5.78 Å². The van der Waals surface area contributed by atoms with E-state index in [1.807, 2.05) is 0 Å². The van der Waals surface area contributed by atoms with Gasteiger partial charge in [0.25, 0.3) is 0 Å². The van der Waals surface area contributed by atoms with Crippen LogP contribution in [-0.4, -0.2) is 44.6 Å². The number of rotatable bonds is 4. The highest BCUT2D eigenvalue weighted by molar-refractivity contribution is 9.12. The van der Waals surface area contributed by atoms with Crippen LogP contribution in [0, 0.1) is 23.7 Å². The first-order valence-electron chi connectivity index (χ1n) is 8.84. The Morgan fingerprint density at radius 2 is 1.56 bits per heavy atom. The van der Waals surface area contributed by atoms with Gasteiger partial charge in [0.2, 0.25) is 17.7 Å². The number of nitrogens with one attached hydrogen (secondary N) is 1. The van der Waals surface area contributed by atoms with Crippen LogP contribution in [-0.2, 0) is 14.4 Å². The Hall–Kier alpha value is -1.54. The molecule has 3 fully saturated rings. The lowest BCUT2D eigenvalue weighted by molar-refractivity contribution is -0.143. The average Bonchev–Trinajstić information content (AvgIpc) is 3.23. The monoisotopic (exact) mass is 496 g/mol. The van der Waals surface area contributed by atoms with Crippen molar-refractivity contribution in [1.82, 2.24) is 4.90 Å². The van der Waals surface area contributed by atoms with E-state index in [4.69, 9.17) is 0 Å². The number of hydrogen-bond acceptors (Lipinski definition) is 4. The summed E-state index contributed by atoms with van der Waals surface area (Å²) in [7, 11) is 0. The number of fused-ring (bicyclic) bond motifs is 5. The molecular formula is C19H18Br2N2O4. The molecule has 27 heavy (non-hydrogen) atoms. The highest BCUT2D eigenvalue weighted by atomic mass is 79.9. The minimum absolute atomic E-state index is 0.0579. The summed E-state index contributed by atoms with van der Waals surface area (Å²) < 4.78 is 0. The van der Waals surface area contributed by atoms with Gasteiger partial charge in [0.05, 0.1) is 11.8 Å². The van der Waals surface area contributed by atoms with Crippen LogP contribution in [0.4, 0.5) is 5.69 Å². The fourth-order valence-electron chi connectivity index (χ4n) is 4.70. The summed E-state index contributed by atoms with van der Waals surface area (Å²) in [5.41, 5.74) is 1.07. The largest absolute Gasteiger partial charge is 0.325 e. The first-order chi connectivity index (χ1) is 12.8. The van der Waals surface area contributed by atoms with Crippen LogP contribution in [0.2, 0.25) is 0 Å². The zero-order valence-electron chi connectivity index (χ0n) is 14.5. The molecule has 1 heterocycles. The summed E-state index contributed by atoms with van der Waals surface area (Å²) in [6.07, 6.45) is 0.862. The molecule has 1 aliphatic heterocycles. The Morgan fingerprint density at radius 1 is 1.04 bits per heavy atom. The number of Topliss-reactive ketones (excluding diaryl/α,β-unsaturated/α-hetero) is 1. The van der Waals surface area contributed by atoms with Crippen molar-refractivity contribution in [3.05, 3.63) is 29.8 Å². The number of anilines is 1. The van der Waals surface area contributed by atoms with Crippen molar-refractivity contribution in [3.63, 3.8) is 0 Å². The van der Waals surface area contributed by atoms with Gasteiger partial charge < -0.3 is 5.32 Å². The van der Waals surface area contributed by atoms with Crippen molar-refractivity contribution >= 4 is 61.1 Å². The van der Waals surface area contributed by atoms with Crippen LogP contribution in [0.1, 0.15) is 23.7 Å². The highest BCUT2D eigenvalue weighted by Crippen LogP contribution is 2.60. The van der Waals surface area contributed by atoms with Crippen LogP contribution in [0.25, 0.3) is 0 Å². The fourth-order valence-corrected chi connectivity index (χ4v) is 6.57. The van der Waals surface area contributed by atoms with Crippen molar-refractivity contribution in [2.24, 2.45) is 23.7 Å². The topological polar surface area (TPSA) is 83.6 Å². The van der Waals surface area contributed by atoms with Gasteiger partial charge >= 0.3 is 0 Å². The van der Waals surface area contributed by atoms with Crippen LogP contribution in [0.3, 0.4) is 0 Å². The molecule has 0 aromatic heterocycles. The smallest absolute Gasteiger partial charge is 0.244 e. The number of imide groups is 1. The molecule has 8 heteroatoms. The average molecular weight is 498 g/mol. The van der Waals surface area contributed by atoms with E-state index in [2.05, 4.69) is 37.2 Å². The highest BCUT2D eigenvalue weighted by Gasteiger charge is 2.66. The second-order valence-corrected chi connectivity index (χ2v) is 9.56. The molecule has 0 unspecified atom stereocenters. The molecule has 6 atom stereocenters. The summed E-state index contributed by atoms with van der Waals surface area (Å²) in [6.45, 7) is 1.19. The van der Waals surface area contributed by atoms with Crippen LogP contribution < -0.4 is 5.32 Å². The summed E-state index contributed by atoms with van der Waals surface area (Å²) in [5, 5.41) is 2.68. The summed E-state index contributed by atoms with van der Waals surface area (Å²) in [6, 6.07) is 6.50. The number of benzene rings is 1. The van der Waals surface area contributed by atoms with Gasteiger partial charge in [-0.25, -0.2) is 0 Å². The summed E-state index contributed by atoms with van der Waals surface area (Å²) in [5.74, 6) is -1.32. The van der Waals surface area contributed by atoms with Crippen LogP contribution >= 0.6 is 31.9 Å². The molecular weight excluding hydrogens is 480 g/mol. The molecule has 3 aliphatic rings. The van der Waals surface area contributed by atoms with E-state index in [-0.39, 0.29) is 57.5 Å². The number of amides is 3.